The number of nitrogens with two attached hydrogens (primary N) is 4. The van der Waals surface area contributed by atoms with E-state index in [1.165, 1.54) is 38.2 Å². The highest BCUT2D eigenvalue weighted by molar-refractivity contribution is 8.00. The molecule has 0 bridgehead atoms. The van der Waals surface area contributed by atoms with E-state index in [9.17, 15) is 97.5 Å². The molecule has 0 unspecified atom stereocenters. The molecule has 15 atom stereocenters. The van der Waals surface area contributed by atoms with Gasteiger partial charge in [0.15, 0.2) is 0 Å². The first-order valence-electron chi connectivity index (χ1n) is 46.1. The minimum Gasteiger partial charge on any atom is -0.508 e. The number of phenols is 1. The van der Waals surface area contributed by atoms with Gasteiger partial charge in [0.2, 0.25) is 100 Å². The average molecular weight is 1980 g/mol. The number of carboxylic acids is 2. The number of primary amides is 3. The molecule has 1 aliphatic carbocycles. The highest BCUT2D eigenvalue weighted by atomic mass is 32.2. The number of hydrogen-bond donors (Lipinski definition) is 24. The normalized spacial score (nSPS) is 23.8. The third kappa shape index (κ3) is 38.5. The predicted octanol–water partition coefficient (Wildman–Crippen LogP) is -3.15. The molecule has 2 fully saturated rings. The van der Waals surface area contributed by atoms with E-state index in [4.69, 9.17) is 22.9 Å². The summed E-state index contributed by atoms with van der Waals surface area (Å²) in [5.74, 6) is -25.4. The number of carboxylic acid groups (broad SMARTS) is 2. The molecular formula is C94H134N20O25S. The monoisotopic (exact) mass is 1970 g/mol. The van der Waals surface area contributed by atoms with Crippen molar-refractivity contribution in [1.29, 1.82) is 0 Å². The molecule has 0 spiro atoms. The Balaban J connectivity index is 1.51. The van der Waals surface area contributed by atoms with Crippen molar-refractivity contribution in [3.8, 4) is 16.9 Å². The van der Waals surface area contributed by atoms with Gasteiger partial charge < -0.3 is 133 Å². The molecular weight excluding hydrogens is 1840 g/mol. The molecule has 1 saturated carbocycles. The predicted molar refractivity (Wildman–Crippen MR) is 510 cm³/mol. The van der Waals surface area contributed by atoms with Crippen molar-refractivity contribution in [1.82, 2.24) is 84.7 Å². The molecule has 6 rings (SSSR count). The zero-order valence-electron chi connectivity index (χ0n) is 80.0. The van der Waals surface area contributed by atoms with Gasteiger partial charge in [-0.05, 0) is 145 Å². The van der Waals surface area contributed by atoms with Crippen LogP contribution in [0, 0.1) is 18.8 Å². The first-order valence-corrected chi connectivity index (χ1v) is 47.2. The molecule has 1 aliphatic heterocycles. The van der Waals surface area contributed by atoms with E-state index in [0.717, 1.165) is 57.1 Å². The summed E-state index contributed by atoms with van der Waals surface area (Å²) in [4.78, 5) is 286. The molecule has 0 radical (unpaired) electrons. The van der Waals surface area contributed by atoms with Crippen molar-refractivity contribution in [3.05, 3.63) is 125 Å². The van der Waals surface area contributed by atoms with Gasteiger partial charge in [-0.2, -0.15) is 0 Å². The number of nitrogens with zero attached hydrogens (tertiary/aromatic N) is 1. The molecule has 4 aromatic rings. The number of amides is 19. The number of phenolic OH excluding ortho intramolecular Hbond substituents is 1. The van der Waals surface area contributed by atoms with Crippen molar-refractivity contribution >= 4 is 130 Å². The molecule has 1 saturated heterocycles. The Morgan fingerprint density at radius 1 is 0.493 bits per heavy atom. The Morgan fingerprint density at radius 3 is 1.47 bits per heavy atom. The number of rotatable bonds is 29. The zero-order valence-corrected chi connectivity index (χ0v) is 80.9. The topological polar surface area (TPSA) is 730 Å². The van der Waals surface area contributed by atoms with Crippen LogP contribution in [0.1, 0.15) is 168 Å². The van der Waals surface area contributed by atoms with E-state index in [-0.39, 0.29) is 68.3 Å². The van der Waals surface area contributed by atoms with Crippen LogP contribution in [0.5, 0.6) is 5.75 Å². The fraction of sp³-hybridized carbons (Fsp3) is 0.532. The highest BCUT2D eigenvalue weighted by Crippen LogP contribution is 2.29. The van der Waals surface area contributed by atoms with Crippen LogP contribution in [0.3, 0.4) is 0 Å². The molecule has 2 aliphatic rings. The van der Waals surface area contributed by atoms with Crippen LogP contribution in [-0.2, 0) is 110 Å². The summed E-state index contributed by atoms with van der Waals surface area (Å²) >= 11 is 0.551. The Kier molecular flexibility index (Phi) is 45.1. The molecule has 4 aromatic carbocycles. The van der Waals surface area contributed by atoms with Gasteiger partial charge in [0.1, 0.15) is 96.4 Å². The Bertz CT molecular complexity index is 5030. The van der Waals surface area contributed by atoms with Crippen molar-refractivity contribution in [2.75, 3.05) is 31.6 Å². The third-order valence-electron chi connectivity index (χ3n) is 23.3. The van der Waals surface area contributed by atoms with Crippen LogP contribution in [0.15, 0.2) is 103 Å². The Hall–Kier alpha value is -13.9. The number of aromatic hydroxyl groups is 1. The number of likely N-dealkylation sites (N-methyl/N-ethyl adjacent to an activating group) is 1. The third-order valence-corrected chi connectivity index (χ3v) is 24.4. The van der Waals surface area contributed by atoms with Gasteiger partial charge in [0.25, 0.3) is 0 Å². The van der Waals surface area contributed by atoms with Gasteiger partial charge in [-0.3, -0.25) is 91.1 Å². The van der Waals surface area contributed by atoms with Gasteiger partial charge in [-0.25, -0.2) is 4.79 Å². The molecule has 140 heavy (non-hydrogen) atoms. The van der Waals surface area contributed by atoms with Gasteiger partial charge in [-0.1, -0.05) is 143 Å². The lowest BCUT2D eigenvalue weighted by Gasteiger charge is -2.34. The summed E-state index contributed by atoms with van der Waals surface area (Å²) in [7, 11) is 1.20. The highest BCUT2D eigenvalue weighted by Gasteiger charge is 2.45. The maximum atomic E-state index is 15.4. The number of aryl methyl sites for hydroxylation is 1. The maximum absolute atomic E-state index is 15.4. The summed E-state index contributed by atoms with van der Waals surface area (Å²) in [6.07, 6.45) is -2.84. The van der Waals surface area contributed by atoms with E-state index in [1.807, 2.05) is 30.3 Å². The van der Waals surface area contributed by atoms with Gasteiger partial charge in [0.05, 0.1) is 29.8 Å². The van der Waals surface area contributed by atoms with Crippen molar-refractivity contribution < 1.29 is 121 Å². The summed E-state index contributed by atoms with van der Waals surface area (Å²) < 4.78 is 0. The summed E-state index contributed by atoms with van der Waals surface area (Å²) in [5.41, 5.74) is 21.0. The first-order chi connectivity index (χ1) is 65.8. The molecule has 766 valence electrons. The lowest BCUT2D eigenvalue weighted by molar-refractivity contribution is -0.143. The van der Waals surface area contributed by atoms with Crippen LogP contribution in [0.25, 0.3) is 11.1 Å². The van der Waals surface area contributed by atoms with Crippen LogP contribution >= 0.6 is 11.8 Å². The largest absolute Gasteiger partial charge is 0.508 e. The molecule has 1 heterocycles. The van der Waals surface area contributed by atoms with Gasteiger partial charge in [-0.15, -0.1) is 11.8 Å². The zero-order chi connectivity index (χ0) is 104. The molecule has 0 aromatic heterocycles. The molecule has 46 heteroatoms. The van der Waals surface area contributed by atoms with E-state index in [0.29, 0.717) is 54.1 Å². The number of thioether (sulfide) groups is 1. The van der Waals surface area contributed by atoms with E-state index < -0.39 is 277 Å². The second kappa shape index (κ2) is 55.0. The number of aliphatic hydroxyl groups is 2. The molecule has 19 amide bonds. The van der Waals surface area contributed by atoms with Crippen molar-refractivity contribution in [2.24, 2.45) is 34.8 Å². The number of carbonyl (C=O) groups excluding carboxylic acids is 18. The van der Waals surface area contributed by atoms with E-state index in [1.54, 1.807) is 69.3 Å². The van der Waals surface area contributed by atoms with Crippen LogP contribution in [0.2, 0.25) is 0 Å². The summed E-state index contributed by atoms with van der Waals surface area (Å²) in [6.45, 7) is 11.5. The van der Waals surface area contributed by atoms with Crippen molar-refractivity contribution in [3.63, 3.8) is 0 Å². The van der Waals surface area contributed by atoms with Crippen LogP contribution in [0.4, 0.5) is 4.79 Å². The quantitative estimate of drug-likeness (QED) is 0.0239. The fourth-order valence-corrected chi connectivity index (χ4v) is 16.4. The number of aliphatic carboxylic acids is 2. The Labute approximate surface area is 814 Å². The van der Waals surface area contributed by atoms with Crippen LogP contribution < -0.4 is 103 Å². The number of benzene rings is 4. The number of nitrogens with one attached hydrogen (secondary N) is 15. The van der Waals surface area contributed by atoms with E-state index in [2.05, 4.69) is 79.8 Å². The standard InChI is InChI=1S/C94H134N20O25S/c1-49(2)39-63-81(126)102-61(36-37-95)80(125)106-66(41-53-20-13-11-14-21-53)86(131)112-75(93(6,7)138)89(134)103-60(34-35-73(118)119)79(124)111-70(88(133)100-51(4)77(97)122)47-140-48-72(117)101-68(45-71(96)116)84(129)107-64(43-55-28-32-59(115)33-29-55)83(128)109-69(46-74(120)121)85(130)108-67(44-56-22-17-19-50(3)40-56)87(132)113-76(94(8,9)139)90(135)110-65(42-54-26-30-58(31-27-54)57-23-15-12-16-24-57)82(127)104-62(25-18-38-99-92(98)137)91(136)114(10)52(5)78(123)105-63/h12,15-17,19,22-24,26-33,40,49,51-53,60-70,75-76,115,138-139H,11,13-14,18,20-21,25,34-39,41-48,95H2,1-10H3,(H2,96,116)(H2,97,122)(H,100,133)(H,101,117)(H,102,126)(H,103,134)(H,104,127)(H,105,123)(H,106,125)(H,107,129)(H,108,130)(H,109,128)(H,110,135)(H,111,124)(H,112,131)(H,113,132)(H,118,119)(H,120,121)(H3,98,99,137)/t51-,52+,60+,61+,62+,63-,64+,65+,66+,67+,68+,69+,70+,75-,76-/m1/s1. The minimum atomic E-state index is -2.32. The second-order valence-electron chi connectivity index (χ2n) is 36.6. The van der Waals surface area contributed by atoms with Gasteiger partial charge in [0, 0.05) is 45.0 Å². The van der Waals surface area contributed by atoms with E-state index >= 15 is 24.0 Å². The lowest BCUT2D eigenvalue weighted by atomic mass is 9.84. The SMILES string of the molecule is Cc1cccc(C[C@@H]2NC(=O)[C@H](CC(=O)O)NC(=O)[C@H](Cc3ccc(O)cc3)NC(=O)[C@H](CC(N)=O)NC(=O)CSC[C@@H](C(=O)N[C@H](C)C(N)=O)NC(=O)[C@H](CCC(=O)O)NC(=O)[C@H](C(C)(C)O)NC(=O)[C@H](CC3CCCCC3)NC(=O)[C@H](CCN)NC(=O)[C@@H](CC(C)C)NC(=O)[C@H](C)N(C)C(=O)[C@H](CCCNC(N)=O)NC(=O)[C@H](Cc3ccc(-c4ccccc4)cc3)NC(=O)[C@H](C(C)(C)O)NC2=O)c1. The second-order valence-corrected chi connectivity index (χ2v) is 37.6. The summed E-state index contributed by atoms with van der Waals surface area (Å²) in [5, 5.41) is 91.4. The number of hydrogen-bond acceptors (Lipinski definition) is 25. The number of carbonyl (C=O) groups is 20. The summed E-state index contributed by atoms with van der Waals surface area (Å²) in [6, 6.07) is -0.752. The molecule has 45 nitrogen and oxygen atoms in total. The van der Waals surface area contributed by atoms with Gasteiger partial charge >= 0.3 is 18.0 Å². The number of urea groups is 1. The maximum Gasteiger partial charge on any atom is 0.312 e. The van der Waals surface area contributed by atoms with Crippen molar-refractivity contribution in [2.45, 2.75) is 273 Å². The fourth-order valence-electron chi connectivity index (χ4n) is 15.5. The molecule has 28 N–H and O–H groups in total. The van der Waals surface area contributed by atoms with Crippen LogP contribution in [-0.4, -0.2) is 282 Å². The minimum absolute atomic E-state index is 0.0875. The smallest absolute Gasteiger partial charge is 0.312 e. The first kappa shape index (κ1) is 115. The lowest BCUT2D eigenvalue weighted by Crippen LogP contribution is -2.64. The average Bonchev–Trinajstić information content (AvgIpc) is 0.855. The Morgan fingerprint density at radius 2 is 0.950 bits per heavy atom.